The minimum Gasteiger partial charge on any atom is -0.316 e. The summed E-state index contributed by atoms with van der Waals surface area (Å²) in [5.41, 5.74) is 0. The lowest BCUT2D eigenvalue weighted by Crippen LogP contribution is -2.44. The van der Waals surface area contributed by atoms with Crippen LogP contribution in [0.25, 0.3) is 0 Å². The fourth-order valence-corrected chi connectivity index (χ4v) is 4.12. The van der Waals surface area contributed by atoms with Crippen LogP contribution in [0.2, 0.25) is 0 Å². The Bertz CT molecular complexity index is 202. The van der Waals surface area contributed by atoms with E-state index in [1.165, 1.54) is 57.8 Å². The van der Waals surface area contributed by atoms with Gasteiger partial charge in [-0.15, -0.1) is 0 Å². The maximum absolute atomic E-state index is 3.70. The lowest BCUT2D eigenvalue weighted by atomic mass is 9.69. The highest BCUT2D eigenvalue weighted by Gasteiger charge is 2.33. The molecule has 1 N–H and O–H groups in total. The molecule has 0 spiro atoms. The van der Waals surface area contributed by atoms with E-state index in [9.17, 15) is 0 Å². The van der Waals surface area contributed by atoms with Crippen molar-refractivity contribution in [1.82, 2.24) is 5.32 Å². The van der Waals surface area contributed by atoms with Gasteiger partial charge in [-0.05, 0) is 37.6 Å². The molecule has 0 aromatic heterocycles. The molecule has 0 saturated heterocycles. The minimum atomic E-state index is 0.770. The quantitative estimate of drug-likeness (QED) is 0.641. The first-order chi connectivity index (χ1) is 8.78. The highest BCUT2D eigenvalue weighted by atomic mass is 14.9. The van der Waals surface area contributed by atoms with Crippen molar-refractivity contribution in [3.63, 3.8) is 0 Å². The molecule has 4 unspecified atom stereocenters. The summed E-state index contributed by atoms with van der Waals surface area (Å²) < 4.78 is 0. The van der Waals surface area contributed by atoms with Crippen LogP contribution in [0.3, 0.4) is 0 Å². The third kappa shape index (κ3) is 4.26. The first-order valence-corrected chi connectivity index (χ1v) is 8.45. The van der Waals surface area contributed by atoms with Gasteiger partial charge >= 0.3 is 0 Å². The molecule has 1 saturated carbocycles. The standard InChI is InChI=1S/C17H35N/c1-5-8-11-15(7-3)17(18-4)16-13-10-9-12-14(16)6-2/h14-18H,5-13H2,1-4H3. The molecule has 0 heterocycles. The predicted molar refractivity (Wildman–Crippen MR) is 81.9 cm³/mol. The molecule has 0 aliphatic heterocycles. The summed E-state index contributed by atoms with van der Waals surface area (Å²) in [5.74, 6) is 2.81. The van der Waals surface area contributed by atoms with Crippen molar-refractivity contribution in [3.05, 3.63) is 0 Å². The zero-order valence-electron chi connectivity index (χ0n) is 13.2. The molecular weight excluding hydrogens is 218 g/mol. The van der Waals surface area contributed by atoms with E-state index in [1.807, 2.05) is 0 Å². The van der Waals surface area contributed by atoms with Gasteiger partial charge in [0.25, 0.3) is 0 Å². The second-order valence-corrected chi connectivity index (χ2v) is 6.24. The van der Waals surface area contributed by atoms with Crippen LogP contribution in [0.15, 0.2) is 0 Å². The van der Waals surface area contributed by atoms with E-state index < -0.39 is 0 Å². The van der Waals surface area contributed by atoms with Crippen LogP contribution < -0.4 is 5.32 Å². The van der Waals surface area contributed by atoms with Crippen LogP contribution >= 0.6 is 0 Å². The zero-order chi connectivity index (χ0) is 13.4. The molecule has 0 bridgehead atoms. The van der Waals surface area contributed by atoms with Crippen LogP contribution in [0.4, 0.5) is 0 Å². The van der Waals surface area contributed by atoms with Gasteiger partial charge in [-0.25, -0.2) is 0 Å². The predicted octanol–water partition coefficient (Wildman–Crippen LogP) is 5.01. The minimum absolute atomic E-state index is 0.770. The van der Waals surface area contributed by atoms with Gasteiger partial charge in [-0.1, -0.05) is 65.7 Å². The number of hydrogen-bond donors (Lipinski definition) is 1. The summed E-state index contributed by atoms with van der Waals surface area (Å²) in [5, 5.41) is 3.70. The van der Waals surface area contributed by atoms with Gasteiger partial charge in [0.1, 0.15) is 0 Å². The molecule has 1 aliphatic rings. The Labute approximate surface area is 115 Å². The van der Waals surface area contributed by atoms with Crippen molar-refractivity contribution in [2.24, 2.45) is 17.8 Å². The maximum Gasteiger partial charge on any atom is 0.0123 e. The fourth-order valence-electron chi connectivity index (χ4n) is 4.12. The number of rotatable bonds is 8. The van der Waals surface area contributed by atoms with Gasteiger partial charge in [0.15, 0.2) is 0 Å². The highest BCUT2D eigenvalue weighted by molar-refractivity contribution is 4.87. The summed E-state index contributed by atoms with van der Waals surface area (Å²) in [7, 11) is 2.20. The first-order valence-electron chi connectivity index (χ1n) is 8.45. The topological polar surface area (TPSA) is 12.0 Å². The molecule has 108 valence electrons. The number of nitrogens with one attached hydrogen (secondary N) is 1. The van der Waals surface area contributed by atoms with E-state index in [-0.39, 0.29) is 0 Å². The highest BCUT2D eigenvalue weighted by Crippen LogP contribution is 2.38. The Kier molecular flexibility index (Phi) is 7.97. The van der Waals surface area contributed by atoms with Gasteiger partial charge in [-0.3, -0.25) is 0 Å². The first kappa shape index (κ1) is 16.0. The molecule has 1 nitrogen and oxygen atoms in total. The van der Waals surface area contributed by atoms with E-state index in [0.29, 0.717) is 0 Å². The zero-order valence-corrected chi connectivity index (χ0v) is 13.2. The average Bonchev–Trinajstić information content (AvgIpc) is 2.43. The molecule has 1 heteroatoms. The molecular formula is C17H35N. The number of unbranched alkanes of at least 4 members (excludes halogenated alkanes) is 1. The van der Waals surface area contributed by atoms with E-state index in [1.54, 1.807) is 0 Å². The van der Waals surface area contributed by atoms with Gasteiger partial charge < -0.3 is 5.32 Å². The van der Waals surface area contributed by atoms with E-state index in [4.69, 9.17) is 0 Å². The third-order valence-corrected chi connectivity index (χ3v) is 5.25. The largest absolute Gasteiger partial charge is 0.316 e. The molecule has 0 radical (unpaired) electrons. The smallest absolute Gasteiger partial charge is 0.0123 e. The van der Waals surface area contributed by atoms with Gasteiger partial charge in [0.2, 0.25) is 0 Å². The SMILES string of the molecule is CCCCC(CC)C(NC)C1CCCCC1CC. The molecule has 0 amide bonds. The normalized spacial score (nSPS) is 28.0. The molecule has 1 fully saturated rings. The Balaban J connectivity index is 2.65. The van der Waals surface area contributed by atoms with Crippen molar-refractivity contribution in [2.75, 3.05) is 7.05 Å². The lowest BCUT2D eigenvalue weighted by molar-refractivity contribution is 0.135. The molecule has 0 aromatic carbocycles. The van der Waals surface area contributed by atoms with Crippen molar-refractivity contribution >= 4 is 0 Å². The van der Waals surface area contributed by atoms with Crippen LogP contribution in [-0.2, 0) is 0 Å². The van der Waals surface area contributed by atoms with Crippen molar-refractivity contribution in [2.45, 2.75) is 84.6 Å². The van der Waals surface area contributed by atoms with Crippen molar-refractivity contribution in [1.29, 1.82) is 0 Å². The summed E-state index contributed by atoms with van der Waals surface area (Å²) in [6.45, 7) is 7.09. The molecule has 1 rings (SSSR count). The van der Waals surface area contributed by atoms with E-state index in [2.05, 4.69) is 33.1 Å². The second-order valence-electron chi connectivity index (χ2n) is 6.24. The Morgan fingerprint density at radius 3 is 2.39 bits per heavy atom. The average molecular weight is 253 g/mol. The molecule has 0 aromatic rings. The lowest BCUT2D eigenvalue weighted by Gasteiger charge is -2.40. The van der Waals surface area contributed by atoms with Crippen LogP contribution in [0.5, 0.6) is 0 Å². The van der Waals surface area contributed by atoms with E-state index >= 15 is 0 Å². The molecule has 18 heavy (non-hydrogen) atoms. The van der Waals surface area contributed by atoms with Gasteiger partial charge in [-0.2, -0.15) is 0 Å². The van der Waals surface area contributed by atoms with Crippen molar-refractivity contribution in [3.8, 4) is 0 Å². The van der Waals surface area contributed by atoms with Crippen LogP contribution in [0.1, 0.15) is 78.6 Å². The Morgan fingerprint density at radius 1 is 1.11 bits per heavy atom. The summed E-state index contributed by atoms with van der Waals surface area (Å²) in [6, 6.07) is 0.770. The van der Waals surface area contributed by atoms with Crippen molar-refractivity contribution < 1.29 is 0 Å². The Hall–Kier alpha value is -0.0400. The summed E-state index contributed by atoms with van der Waals surface area (Å²) in [4.78, 5) is 0. The summed E-state index contributed by atoms with van der Waals surface area (Å²) >= 11 is 0. The molecule has 1 aliphatic carbocycles. The van der Waals surface area contributed by atoms with Crippen LogP contribution in [-0.4, -0.2) is 13.1 Å². The van der Waals surface area contributed by atoms with E-state index in [0.717, 1.165) is 23.8 Å². The maximum atomic E-state index is 3.70. The molecule has 4 atom stereocenters. The van der Waals surface area contributed by atoms with Crippen LogP contribution in [0, 0.1) is 17.8 Å². The van der Waals surface area contributed by atoms with Gasteiger partial charge in [0.05, 0.1) is 0 Å². The monoisotopic (exact) mass is 253 g/mol. The Morgan fingerprint density at radius 2 is 1.83 bits per heavy atom. The third-order valence-electron chi connectivity index (χ3n) is 5.25. The van der Waals surface area contributed by atoms with Gasteiger partial charge in [0, 0.05) is 6.04 Å². The fraction of sp³-hybridized carbons (Fsp3) is 1.00. The second kappa shape index (κ2) is 8.96. The number of hydrogen-bond acceptors (Lipinski definition) is 1. The summed E-state index contributed by atoms with van der Waals surface area (Å²) in [6.07, 6.45) is 12.8.